The summed E-state index contributed by atoms with van der Waals surface area (Å²) in [6.07, 6.45) is 4.31. The van der Waals surface area contributed by atoms with E-state index in [0.29, 0.717) is 19.1 Å². The summed E-state index contributed by atoms with van der Waals surface area (Å²) < 4.78 is 4.90. The molecule has 0 aromatic heterocycles. The number of hydrogen-bond acceptors (Lipinski definition) is 3. The molecule has 0 saturated heterocycles. The van der Waals surface area contributed by atoms with Gasteiger partial charge in [-0.25, -0.2) is 0 Å². The summed E-state index contributed by atoms with van der Waals surface area (Å²) in [6, 6.07) is 0. The van der Waals surface area contributed by atoms with Gasteiger partial charge in [-0.3, -0.25) is 0 Å². The molecule has 3 nitrogen and oxygen atoms in total. The molecule has 0 rings (SSSR count). The molecule has 1 N–H and O–H groups in total. The zero-order valence-electron chi connectivity index (χ0n) is 10.1. The van der Waals surface area contributed by atoms with Gasteiger partial charge in [-0.15, -0.1) is 13.2 Å². The van der Waals surface area contributed by atoms with Crippen LogP contribution in [0.25, 0.3) is 0 Å². The number of rotatable bonds is 6. The number of hydrogen-bond donors (Lipinski definition) is 1. The van der Waals surface area contributed by atoms with Gasteiger partial charge >= 0.3 is 0 Å². The molecule has 0 amide bonds. The van der Waals surface area contributed by atoms with Crippen LogP contribution in [-0.2, 0) is 4.74 Å². The predicted molar refractivity (Wildman–Crippen MR) is 65.6 cm³/mol. The van der Waals surface area contributed by atoms with Crippen molar-refractivity contribution in [1.82, 2.24) is 0 Å². The molecule has 0 aliphatic heterocycles. The minimum absolute atomic E-state index is 0.589. The molecule has 15 heavy (non-hydrogen) atoms. The van der Waals surface area contributed by atoms with E-state index >= 15 is 0 Å². The van der Waals surface area contributed by atoms with E-state index in [9.17, 15) is 0 Å². The SMILES string of the molecule is C=CCOCC=C.CC(CC(C)C)=NO. The molecular formula is C12H23NO2. The lowest BCUT2D eigenvalue weighted by Crippen LogP contribution is -1.96. The summed E-state index contributed by atoms with van der Waals surface area (Å²) in [5, 5.41) is 11.2. The Morgan fingerprint density at radius 1 is 1.33 bits per heavy atom. The highest BCUT2D eigenvalue weighted by molar-refractivity contribution is 5.81. The first-order valence-electron chi connectivity index (χ1n) is 5.05. The maximum atomic E-state index is 8.17. The fraction of sp³-hybridized carbons (Fsp3) is 0.583. The zero-order valence-corrected chi connectivity index (χ0v) is 10.1. The minimum atomic E-state index is 0.589. The topological polar surface area (TPSA) is 41.8 Å². The summed E-state index contributed by atoms with van der Waals surface area (Å²) in [7, 11) is 0. The smallest absolute Gasteiger partial charge is 0.0649 e. The molecule has 0 saturated carbocycles. The van der Waals surface area contributed by atoms with Crippen LogP contribution >= 0.6 is 0 Å². The van der Waals surface area contributed by atoms with Crippen LogP contribution in [0.3, 0.4) is 0 Å². The first-order chi connectivity index (χ1) is 7.08. The lowest BCUT2D eigenvalue weighted by atomic mass is 10.1. The average molecular weight is 213 g/mol. The summed E-state index contributed by atoms with van der Waals surface area (Å²) in [4.78, 5) is 0. The molecule has 0 bridgehead atoms. The van der Waals surface area contributed by atoms with Crippen LogP contribution in [0.1, 0.15) is 27.2 Å². The summed E-state index contributed by atoms with van der Waals surface area (Å²) >= 11 is 0. The Balaban J connectivity index is 0. The third kappa shape index (κ3) is 19.4. The quantitative estimate of drug-likeness (QED) is 0.242. The fourth-order valence-electron chi connectivity index (χ4n) is 0.866. The summed E-state index contributed by atoms with van der Waals surface area (Å²) in [6.45, 7) is 14.2. The van der Waals surface area contributed by atoms with Gasteiger partial charge in [0.15, 0.2) is 0 Å². The molecule has 88 valence electrons. The van der Waals surface area contributed by atoms with Crippen molar-refractivity contribution in [3.05, 3.63) is 25.3 Å². The molecule has 0 atom stereocenters. The van der Waals surface area contributed by atoms with E-state index in [4.69, 9.17) is 9.94 Å². The number of ether oxygens (including phenoxy) is 1. The van der Waals surface area contributed by atoms with Crippen LogP contribution in [0.5, 0.6) is 0 Å². The Kier molecular flexibility index (Phi) is 14.1. The molecule has 0 aromatic carbocycles. The minimum Gasteiger partial charge on any atom is -0.411 e. The molecule has 0 aromatic rings. The molecule has 0 unspecified atom stereocenters. The van der Waals surface area contributed by atoms with Gasteiger partial charge in [-0.1, -0.05) is 31.2 Å². The number of nitrogens with zero attached hydrogens (tertiary/aromatic N) is 1. The Morgan fingerprint density at radius 3 is 2.00 bits per heavy atom. The molecule has 0 heterocycles. The van der Waals surface area contributed by atoms with E-state index in [1.54, 1.807) is 12.2 Å². The van der Waals surface area contributed by atoms with E-state index < -0.39 is 0 Å². The highest BCUT2D eigenvalue weighted by Crippen LogP contribution is 1.99. The van der Waals surface area contributed by atoms with Crippen molar-refractivity contribution in [2.75, 3.05) is 13.2 Å². The maximum Gasteiger partial charge on any atom is 0.0649 e. The van der Waals surface area contributed by atoms with Crippen LogP contribution < -0.4 is 0 Å². The van der Waals surface area contributed by atoms with Crippen molar-refractivity contribution >= 4 is 5.71 Å². The van der Waals surface area contributed by atoms with Gasteiger partial charge in [0.2, 0.25) is 0 Å². The molecule has 3 heteroatoms. The van der Waals surface area contributed by atoms with E-state index in [-0.39, 0.29) is 0 Å². The third-order valence-corrected chi connectivity index (χ3v) is 1.35. The number of oxime groups is 1. The normalized spacial score (nSPS) is 10.5. The molecular weight excluding hydrogens is 190 g/mol. The van der Waals surface area contributed by atoms with E-state index in [1.807, 2.05) is 6.92 Å². The van der Waals surface area contributed by atoms with Crippen molar-refractivity contribution in [3.8, 4) is 0 Å². The van der Waals surface area contributed by atoms with Crippen LogP contribution in [0.4, 0.5) is 0 Å². The molecule has 0 spiro atoms. The maximum absolute atomic E-state index is 8.17. The lowest BCUT2D eigenvalue weighted by Gasteiger charge is -1.99. The van der Waals surface area contributed by atoms with Gasteiger partial charge in [0.1, 0.15) is 0 Å². The summed E-state index contributed by atoms with van der Waals surface area (Å²) in [5.74, 6) is 0.589. The van der Waals surface area contributed by atoms with Crippen molar-refractivity contribution in [3.63, 3.8) is 0 Å². The summed E-state index contributed by atoms with van der Waals surface area (Å²) in [5.41, 5.74) is 0.806. The van der Waals surface area contributed by atoms with Crippen LogP contribution in [0, 0.1) is 5.92 Å². The Hall–Kier alpha value is -1.09. The van der Waals surface area contributed by atoms with E-state index in [0.717, 1.165) is 12.1 Å². The van der Waals surface area contributed by atoms with Crippen LogP contribution in [0.2, 0.25) is 0 Å². The molecule has 0 aliphatic carbocycles. The van der Waals surface area contributed by atoms with Gasteiger partial charge in [0, 0.05) is 0 Å². The largest absolute Gasteiger partial charge is 0.411 e. The van der Waals surface area contributed by atoms with Crippen molar-refractivity contribution < 1.29 is 9.94 Å². The standard InChI is InChI=1S/C6H13NO.C6H10O/c1-5(2)4-6(3)7-8;1-3-5-7-6-4-2/h5,8H,4H2,1-3H3;3-4H,1-2,5-6H2. The highest BCUT2D eigenvalue weighted by Gasteiger charge is 1.95. The van der Waals surface area contributed by atoms with Gasteiger partial charge in [0.25, 0.3) is 0 Å². The fourth-order valence-corrected chi connectivity index (χ4v) is 0.866. The molecule has 0 radical (unpaired) electrons. The Morgan fingerprint density at radius 2 is 1.80 bits per heavy atom. The first-order valence-corrected chi connectivity index (χ1v) is 5.05. The molecule has 0 aliphatic rings. The van der Waals surface area contributed by atoms with Gasteiger partial charge in [-0.2, -0.15) is 0 Å². The second-order valence-corrected chi connectivity index (χ2v) is 3.55. The van der Waals surface area contributed by atoms with Gasteiger partial charge in [-0.05, 0) is 19.3 Å². The second kappa shape index (κ2) is 12.9. The van der Waals surface area contributed by atoms with E-state index in [1.165, 1.54) is 0 Å². The predicted octanol–water partition coefficient (Wildman–Crippen LogP) is 3.26. The van der Waals surface area contributed by atoms with E-state index in [2.05, 4.69) is 32.2 Å². The average Bonchev–Trinajstić information content (AvgIpc) is 2.18. The molecule has 0 fully saturated rings. The van der Waals surface area contributed by atoms with Crippen molar-refractivity contribution in [1.29, 1.82) is 0 Å². The monoisotopic (exact) mass is 213 g/mol. The Labute approximate surface area is 93.1 Å². The first kappa shape index (κ1) is 16.3. The lowest BCUT2D eigenvalue weighted by molar-refractivity contribution is 0.194. The third-order valence-electron chi connectivity index (χ3n) is 1.35. The van der Waals surface area contributed by atoms with Crippen LogP contribution in [0.15, 0.2) is 30.5 Å². The van der Waals surface area contributed by atoms with Crippen molar-refractivity contribution in [2.24, 2.45) is 11.1 Å². The zero-order chi connectivity index (χ0) is 12.1. The second-order valence-electron chi connectivity index (χ2n) is 3.55. The van der Waals surface area contributed by atoms with Crippen LogP contribution in [-0.4, -0.2) is 24.1 Å². The van der Waals surface area contributed by atoms with Gasteiger partial charge < -0.3 is 9.94 Å². The van der Waals surface area contributed by atoms with Crippen molar-refractivity contribution in [2.45, 2.75) is 27.2 Å². The highest BCUT2D eigenvalue weighted by atomic mass is 16.5. The van der Waals surface area contributed by atoms with Gasteiger partial charge in [0.05, 0.1) is 18.9 Å². The Bertz CT molecular complexity index is 178.